The quantitative estimate of drug-likeness (QED) is 0.771. The maximum atomic E-state index is 6.20. The zero-order chi connectivity index (χ0) is 12.7. The van der Waals surface area contributed by atoms with Gasteiger partial charge in [-0.2, -0.15) is 0 Å². The average Bonchev–Trinajstić information content (AvgIpc) is 2.86. The van der Waals surface area contributed by atoms with E-state index in [0.717, 1.165) is 18.6 Å². The lowest BCUT2D eigenvalue weighted by Gasteiger charge is -2.33. The van der Waals surface area contributed by atoms with E-state index in [0.29, 0.717) is 5.92 Å². The molecule has 96 valence electrons. The number of fused-ring (bicyclic) bond motifs is 3. The van der Waals surface area contributed by atoms with Gasteiger partial charge in [0.1, 0.15) is 0 Å². The topological polar surface area (TPSA) is 18.5 Å². The Morgan fingerprint density at radius 1 is 0.895 bits per heavy atom. The molecule has 1 aliphatic carbocycles. The average molecular weight is 252 g/mol. The van der Waals surface area contributed by atoms with Crippen LogP contribution in [0.25, 0.3) is 0 Å². The summed E-state index contributed by atoms with van der Waals surface area (Å²) in [5.41, 5.74) is 3.86. The van der Waals surface area contributed by atoms with Crippen molar-refractivity contribution in [1.29, 1.82) is 0 Å². The van der Waals surface area contributed by atoms with E-state index in [4.69, 9.17) is 9.47 Å². The Bertz CT molecular complexity index is 579. The van der Waals surface area contributed by atoms with Crippen LogP contribution in [0.15, 0.2) is 54.6 Å². The van der Waals surface area contributed by atoms with Gasteiger partial charge in [-0.15, -0.1) is 0 Å². The lowest BCUT2D eigenvalue weighted by atomic mass is 10.0. The number of hydrogen-bond donors (Lipinski definition) is 0. The Morgan fingerprint density at radius 2 is 1.68 bits per heavy atom. The van der Waals surface area contributed by atoms with E-state index in [1.54, 1.807) is 0 Å². The summed E-state index contributed by atoms with van der Waals surface area (Å²) >= 11 is 0. The molecule has 0 bridgehead atoms. The van der Waals surface area contributed by atoms with Crippen molar-refractivity contribution in [2.75, 3.05) is 6.61 Å². The van der Waals surface area contributed by atoms with Crippen molar-refractivity contribution in [3.05, 3.63) is 71.3 Å². The van der Waals surface area contributed by atoms with Gasteiger partial charge in [-0.25, -0.2) is 0 Å². The molecule has 2 aromatic carbocycles. The van der Waals surface area contributed by atoms with Gasteiger partial charge in [0.25, 0.3) is 0 Å². The normalized spacial score (nSPS) is 28.7. The zero-order valence-corrected chi connectivity index (χ0v) is 10.7. The summed E-state index contributed by atoms with van der Waals surface area (Å²) in [6, 6.07) is 18.8. The molecule has 0 N–H and O–H groups in total. The van der Waals surface area contributed by atoms with Gasteiger partial charge in [0.05, 0.1) is 12.7 Å². The van der Waals surface area contributed by atoms with Crippen LogP contribution in [0.4, 0.5) is 0 Å². The molecule has 0 aromatic heterocycles. The van der Waals surface area contributed by atoms with Crippen LogP contribution in [0.5, 0.6) is 0 Å². The first-order chi connectivity index (χ1) is 9.42. The summed E-state index contributed by atoms with van der Waals surface area (Å²) in [5, 5.41) is 0. The van der Waals surface area contributed by atoms with Crippen molar-refractivity contribution >= 4 is 0 Å². The van der Waals surface area contributed by atoms with Crippen LogP contribution in [0.1, 0.15) is 29.1 Å². The van der Waals surface area contributed by atoms with Crippen LogP contribution in [0, 0.1) is 5.92 Å². The van der Waals surface area contributed by atoms with Crippen LogP contribution in [-0.4, -0.2) is 6.61 Å². The molecule has 2 aromatic rings. The molecule has 0 saturated carbocycles. The molecule has 2 heteroatoms. The fraction of sp³-hybridized carbons (Fsp3) is 0.294. The van der Waals surface area contributed by atoms with Crippen molar-refractivity contribution in [1.82, 2.24) is 0 Å². The van der Waals surface area contributed by atoms with Gasteiger partial charge in [0, 0.05) is 11.5 Å². The Labute approximate surface area is 113 Å². The van der Waals surface area contributed by atoms with Crippen LogP contribution >= 0.6 is 0 Å². The molecule has 0 spiro atoms. The Balaban J connectivity index is 1.63. The second-order valence-corrected chi connectivity index (χ2v) is 5.30. The minimum Gasteiger partial charge on any atom is -0.348 e. The Kier molecular flexibility index (Phi) is 2.64. The lowest BCUT2D eigenvalue weighted by molar-refractivity contribution is -0.240. The maximum absolute atomic E-state index is 6.20. The van der Waals surface area contributed by atoms with Gasteiger partial charge in [-0.3, -0.25) is 0 Å². The van der Waals surface area contributed by atoms with E-state index in [9.17, 15) is 0 Å². The molecular formula is C17H16O2. The van der Waals surface area contributed by atoms with E-state index in [1.165, 1.54) is 11.1 Å². The van der Waals surface area contributed by atoms with Gasteiger partial charge in [-0.05, 0) is 17.5 Å². The molecule has 0 unspecified atom stereocenters. The highest BCUT2D eigenvalue weighted by Gasteiger charge is 2.39. The van der Waals surface area contributed by atoms with Crippen LogP contribution in [0.2, 0.25) is 0 Å². The number of rotatable bonds is 1. The fourth-order valence-corrected chi connectivity index (χ4v) is 3.14. The van der Waals surface area contributed by atoms with Crippen molar-refractivity contribution in [3.63, 3.8) is 0 Å². The van der Waals surface area contributed by atoms with E-state index >= 15 is 0 Å². The minimum atomic E-state index is -0.228. The first-order valence-electron chi connectivity index (χ1n) is 6.81. The second-order valence-electron chi connectivity index (χ2n) is 5.30. The Morgan fingerprint density at radius 3 is 2.58 bits per heavy atom. The van der Waals surface area contributed by atoms with Crippen molar-refractivity contribution in [2.45, 2.75) is 18.8 Å². The summed E-state index contributed by atoms with van der Waals surface area (Å²) in [6.07, 6.45) is 1.03. The first-order valence-corrected chi connectivity index (χ1v) is 6.81. The summed E-state index contributed by atoms with van der Waals surface area (Å²) < 4.78 is 12.1. The molecule has 1 fully saturated rings. The van der Waals surface area contributed by atoms with Gasteiger partial charge in [0.15, 0.2) is 6.29 Å². The maximum Gasteiger partial charge on any atom is 0.184 e. The van der Waals surface area contributed by atoms with Crippen molar-refractivity contribution < 1.29 is 9.47 Å². The van der Waals surface area contributed by atoms with E-state index in [1.807, 2.05) is 18.2 Å². The Hall–Kier alpha value is -1.64. The summed E-state index contributed by atoms with van der Waals surface area (Å²) in [7, 11) is 0. The summed E-state index contributed by atoms with van der Waals surface area (Å²) in [4.78, 5) is 0. The fourth-order valence-electron chi connectivity index (χ4n) is 3.14. The highest BCUT2D eigenvalue weighted by atomic mass is 16.7. The van der Waals surface area contributed by atoms with Gasteiger partial charge < -0.3 is 9.47 Å². The first kappa shape index (κ1) is 11.2. The van der Waals surface area contributed by atoms with Crippen molar-refractivity contribution in [2.24, 2.45) is 5.92 Å². The van der Waals surface area contributed by atoms with E-state index < -0.39 is 0 Å². The third-order valence-corrected chi connectivity index (χ3v) is 4.08. The molecule has 1 aliphatic heterocycles. The van der Waals surface area contributed by atoms with Gasteiger partial charge in [0.2, 0.25) is 0 Å². The zero-order valence-electron chi connectivity index (χ0n) is 10.7. The molecule has 0 radical (unpaired) electrons. The molecule has 4 rings (SSSR count). The lowest BCUT2D eigenvalue weighted by Crippen LogP contribution is -2.28. The highest BCUT2D eigenvalue weighted by molar-refractivity contribution is 5.35. The number of ether oxygens (including phenoxy) is 2. The van der Waals surface area contributed by atoms with Crippen LogP contribution in [0.3, 0.4) is 0 Å². The predicted octanol–water partition coefficient (Wildman–Crippen LogP) is 3.65. The summed E-state index contributed by atoms with van der Waals surface area (Å²) in [5.74, 6) is 0.470. The largest absolute Gasteiger partial charge is 0.348 e. The standard InChI is InChI=1S/C17H16O2/c1-2-6-12(7-3-1)17-18-11-14-10-13-8-4-5-9-15(13)16(14)19-17/h1-9,14,16-17H,10-11H2/t14-,16-,17-/m1/s1. The monoisotopic (exact) mass is 252 g/mol. The SMILES string of the molecule is c1ccc([C@@H]2OC[C@H]3Cc4ccccc4[C@@H]3O2)cc1. The smallest absolute Gasteiger partial charge is 0.184 e. The van der Waals surface area contributed by atoms with Gasteiger partial charge >= 0.3 is 0 Å². The molecule has 0 amide bonds. The van der Waals surface area contributed by atoms with Crippen LogP contribution in [-0.2, 0) is 15.9 Å². The third-order valence-electron chi connectivity index (χ3n) is 4.08. The predicted molar refractivity (Wildman–Crippen MR) is 72.6 cm³/mol. The third kappa shape index (κ3) is 1.88. The minimum absolute atomic E-state index is 0.190. The van der Waals surface area contributed by atoms with Crippen LogP contribution < -0.4 is 0 Å². The number of benzene rings is 2. The molecule has 1 saturated heterocycles. The highest BCUT2D eigenvalue weighted by Crippen LogP contribution is 2.45. The molecule has 2 nitrogen and oxygen atoms in total. The molecular weight excluding hydrogens is 236 g/mol. The summed E-state index contributed by atoms with van der Waals surface area (Å²) in [6.45, 7) is 0.777. The van der Waals surface area contributed by atoms with E-state index in [-0.39, 0.29) is 12.4 Å². The molecule has 3 atom stereocenters. The van der Waals surface area contributed by atoms with Gasteiger partial charge in [-0.1, -0.05) is 54.6 Å². The molecule has 1 heterocycles. The second kappa shape index (κ2) is 4.48. The van der Waals surface area contributed by atoms with Crippen molar-refractivity contribution in [3.8, 4) is 0 Å². The molecule has 19 heavy (non-hydrogen) atoms. The van der Waals surface area contributed by atoms with E-state index in [2.05, 4.69) is 36.4 Å². The number of hydrogen-bond acceptors (Lipinski definition) is 2. The molecule has 2 aliphatic rings.